The second-order valence-electron chi connectivity index (χ2n) is 5.26. The molecule has 0 aromatic rings. The Balaban J connectivity index is 2.53. The summed E-state index contributed by atoms with van der Waals surface area (Å²) in [6.45, 7) is 14.6. The van der Waals surface area contributed by atoms with E-state index in [4.69, 9.17) is 0 Å². The molecule has 0 aliphatic carbocycles. The minimum absolute atomic E-state index is 0.0155. The molecule has 0 aromatic carbocycles. The summed E-state index contributed by atoms with van der Waals surface area (Å²) in [5.74, 6) is 0.697. The van der Waals surface area contributed by atoms with E-state index in [-0.39, 0.29) is 18.1 Å². The van der Waals surface area contributed by atoms with Crippen LogP contribution in [0.5, 0.6) is 0 Å². The Kier molecular flexibility index (Phi) is 6.09. The highest BCUT2D eigenvalue weighted by Gasteiger charge is 2.38. The normalized spacial score (nSPS) is 26.1. The molecule has 106 valence electrons. The van der Waals surface area contributed by atoms with Crippen LogP contribution >= 0.6 is 0 Å². The van der Waals surface area contributed by atoms with Crippen molar-refractivity contribution in [3.8, 4) is 0 Å². The molecule has 1 fully saturated rings. The molecular formula is C14H29N3O. The topological polar surface area (TPSA) is 35.6 Å². The van der Waals surface area contributed by atoms with E-state index in [1.54, 1.807) is 0 Å². The van der Waals surface area contributed by atoms with E-state index in [2.05, 4.69) is 44.8 Å². The van der Waals surface area contributed by atoms with Gasteiger partial charge in [0.2, 0.25) is 5.91 Å². The van der Waals surface area contributed by atoms with Gasteiger partial charge in [0, 0.05) is 13.1 Å². The van der Waals surface area contributed by atoms with Crippen molar-refractivity contribution in [1.82, 2.24) is 15.1 Å². The molecule has 0 aromatic heterocycles. The van der Waals surface area contributed by atoms with Crippen LogP contribution in [-0.2, 0) is 4.79 Å². The molecule has 1 saturated heterocycles. The molecule has 1 N–H and O–H groups in total. The predicted octanol–water partition coefficient (Wildman–Crippen LogP) is 1.52. The Bertz CT molecular complexity index is 266. The molecule has 4 nitrogen and oxygen atoms in total. The fourth-order valence-electron chi connectivity index (χ4n) is 2.53. The van der Waals surface area contributed by atoms with E-state index in [1.807, 2.05) is 4.90 Å². The van der Waals surface area contributed by atoms with Crippen LogP contribution in [0.3, 0.4) is 0 Å². The first-order chi connectivity index (χ1) is 8.54. The maximum absolute atomic E-state index is 12.4. The number of amides is 1. The van der Waals surface area contributed by atoms with Gasteiger partial charge in [-0.2, -0.15) is 0 Å². The number of carbonyl (C=O) groups excluding carboxylic acids is 1. The molecule has 18 heavy (non-hydrogen) atoms. The van der Waals surface area contributed by atoms with E-state index in [1.165, 1.54) is 0 Å². The lowest BCUT2D eigenvalue weighted by molar-refractivity contribution is -0.130. The van der Waals surface area contributed by atoms with E-state index in [0.717, 1.165) is 32.6 Å². The smallest absolute Gasteiger partial charge is 0.241 e. The molecule has 3 unspecified atom stereocenters. The maximum atomic E-state index is 12.4. The number of carbonyl (C=O) groups is 1. The van der Waals surface area contributed by atoms with Crippen LogP contribution in [0, 0.1) is 5.92 Å². The zero-order chi connectivity index (χ0) is 13.7. The van der Waals surface area contributed by atoms with Crippen molar-refractivity contribution in [2.75, 3.05) is 26.2 Å². The summed E-state index contributed by atoms with van der Waals surface area (Å²) in [7, 11) is 0. The molecule has 0 spiro atoms. The van der Waals surface area contributed by atoms with Gasteiger partial charge in [-0.1, -0.05) is 34.1 Å². The molecule has 1 aliphatic rings. The zero-order valence-corrected chi connectivity index (χ0v) is 12.6. The molecule has 4 heteroatoms. The molecule has 0 saturated carbocycles. The van der Waals surface area contributed by atoms with Gasteiger partial charge in [0.05, 0.1) is 12.2 Å². The highest BCUT2D eigenvalue weighted by atomic mass is 16.2. The number of likely N-dealkylation sites (N-methyl/N-ethyl adjacent to an activating group) is 1. The Morgan fingerprint density at radius 1 is 1.33 bits per heavy atom. The number of hydrogen-bond acceptors (Lipinski definition) is 3. The third-order valence-electron chi connectivity index (χ3n) is 4.20. The number of nitrogens with one attached hydrogen (secondary N) is 1. The monoisotopic (exact) mass is 255 g/mol. The molecule has 0 radical (unpaired) electrons. The van der Waals surface area contributed by atoms with Gasteiger partial charge in [-0.15, -0.1) is 0 Å². The predicted molar refractivity (Wildman–Crippen MR) is 75.3 cm³/mol. The van der Waals surface area contributed by atoms with E-state index in [9.17, 15) is 4.79 Å². The third-order valence-corrected chi connectivity index (χ3v) is 4.20. The van der Waals surface area contributed by atoms with Gasteiger partial charge in [0.15, 0.2) is 0 Å². The molecule has 1 heterocycles. The van der Waals surface area contributed by atoms with Gasteiger partial charge in [-0.25, -0.2) is 0 Å². The van der Waals surface area contributed by atoms with Crippen LogP contribution in [0.1, 0.15) is 41.0 Å². The van der Waals surface area contributed by atoms with Crippen molar-refractivity contribution in [2.45, 2.75) is 53.2 Å². The second-order valence-corrected chi connectivity index (χ2v) is 5.26. The van der Waals surface area contributed by atoms with E-state index < -0.39 is 0 Å². The number of nitrogens with zero attached hydrogens (tertiary/aromatic N) is 2. The zero-order valence-electron chi connectivity index (χ0n) is 12.6. The summed E-state index contributed by atoms with van der Waals surface area (Å²) in [4.78, 5) is 16.7. The summed E-state index contributed by atoms with van der Waals surface area (Å²) in [5, 5.41) is 3.42. The summed E-state index contributed by atoms with van der Waals surface area (Å²) in [5.41, 5.74) is 0. The molecule has 1 rings (SSSR count). The molecule has 1 amide bonds. The number of rotatable bonds is 7. The van der Waals surface area contributed by atoms with Gasteiger partial charge < -0.3 is 9.80 Å². The average Bonchev–Trinajstić information content (AvgIpc) is 2.66. The number of hydrogen-bond donors (Lipinski definition) is 1. The molecule has 3 atom stereocenters. The van der Waals surface area contributed by atoms with Crippen LogP contribution in [0.25, 0.3) is 0 Å². The Labute approximate surface area is 112 Å². The summed E-state index contributed by atoms with van der Waals surface area (Å²) in [6.07, 6.45) is 1.21. The lowest BCUT2D eigenvalue weighted by Crippen LogP contribution is -2.41. The highest BCUT2D eigenvalue weighted by molar-refractivity contribution is 5.84. The van der Waals surface area contributed by atoms with Crippen molar-refractivity contribution in [3.05, 3.63) is 0 Å². The summed E-state index contributed by atoms with van der Waals surface area (Å²) >= 11 is 0. The maximum Gasteiger partial charge on any atom is 0.241 e. The van der Waals surface area contributed by atoms with E-state index in [0.29, 0.717) is 5.92 Å². The first kappa shape index (κ1) is 15.4. The first-order valence-electron chi connectivity index (χ1n) is 7.33. The van der Waals surface area contributed by atoms with Crippen LogP contribution in [0.2, 0.25) is 0 Å². The fraction of sp³-hybridized carbons (Fsp3) is 0.929. The standard InChI is InChI=1S/C14H29N3O/c1-6-11(4)13-14(18)17(12(5)15-13)10-9-16(7-2)8-3/h11-13,15H,6-10H2,1-5H3. The highest BCUT2D eigenvalue weighted by Crippen LogP contribution is 2.18. The minimum Gasteiger partial charge on any atom is -0.325 e. The Hall–Kier alpha value is -0.610. The van der Waals surface area contributed by atoms with Crippen LogP contribution in [-0.4, -0.2) is 54.1 Å². The Morgan fingerprint density at radius 3 is 2.44 bits per heavy atom. The van der Waals surface area contributed by atoms with Gasteiger partial charge >= 0.3 is 0 Å². The van der Waals surface area contributed by atoms with Crippen molar-refractivity contribution >= 4 is 5.91 Å². The van der Waals surface area contributed by atoms with Gasteiger partial charge in [-0.05, 0) is 25.9 Å². The van der Waals surface area contributed by atoms with Crippen LogP contribution in [0.4, 0.5) is 0 Å². The van der Waals surface area contributed by atoms with Gasteiger partial charge in [0.1, 0.15) is 0 Å². The molecule has 0 bridgehead atoms. The van der Waals surface area contributed by atoms with Gasteiger partial charge in [-0.3, -0.25) is 10.1 Å². The quantitative estimate of drug-likeness (QED) is 0.749. The largest absolute Gasteiger partial charge is 0.325 e. The van der Waals surface area contributed by atoms with Crippen molar-refractivity contribution in [1.29, 1.82) is 0 Å². The third kappa shape index (κ3) is 3.45. The second kappa shape index (κ2) is 7.10. The lowest BCUT2D eigenvalue weighted by Gasteiger charge is -2.25. The lowest BCUT2D eigenvalue weighted by atomic mass is 9.99. The summed E-state index contributed by atoms with van der Waals surface area (Å²) < 4.78 is 0. The summed E-state index contributed by atoms with van der Waals surface area (Å²) in [6, 6.07) is 0.0155. The Morgan fingerprint density at radius 2 is 1.94 bits per heavy atom. The minimum atomic E-state index is 0.0155. The van der Waals surface area contributed by atoms with Crippen molar-refractivity contribution in [3.63, 3.8) is 0 Å². The van der Waals surface area contributed by atoms with Gasteiger partial charge in [0.25, 0.3) is 0 Å². The SMILES string of the molecule is CCC(C)C1NC(C)N(CCN(CC)CC)C1=O. The van der Waals surface area contributed by atoms with Crippen molar-refractivity contribution in [2.24, 2.45) is 5.92 Å². The molecule has 1 aliphatic heterocycles. The van der Waals surface area contributed by atoms with Crippen LogP contribution < -0.4 is 5.32 Å². The first-order valence-corrected chi connectivity index (χ1v) is 7.33. The van der Waals surface area contributed by atoms with Crippen LogP contribution in [0.15, 0.2) is 0 Å². The molecular weight excluding hydrogens is 226 g/mol. The average molecular weight is 255 g/mol. The fourth-order valence-corrected chi connectivity index (χ4v) is 2.53. The van der Waals surface area contributed by atoms with E-state index >= 15 is 0 Å². The van der Waals surface area contributed by atoms with Crippen molar-refractivity contribution < 1.29 is 4.79 Å².